The minimum absolute atomic E-state index is 0.184. The molecule has 8 heteroatoms. The summed E-state index contributed by atoms with van der Waals surface area (Å²) in [5.41, 5.74) is 2.72. The third-order valence-corrected chi connectivity index (χ3v) is 5.96. The van der Waals surface area contributed by atoms with E-state index < -0.39 is 10.0 Å². The quantitative estimate of drug-likeness (QED) is 0.566. The fourth-order valence-corrected chi connectivity index (χ4v) is 3.98. The lowest BCUT2D eigenvalue weighted by molar-refractivity contribution is -0.111. The Bertz CT molecular complexity index is 1230. The fourth-order valence-electron chi connectivity index (χ4n) is 2.93. The molecule has 1 aliphatic rings. The first-order valence-electron chi connectivity index (χ1n) is 9.47. The monoisotopic (exact) mass is 436 g/mol. The first kappa shape index (κ1) is 20.5. The SMILES string of the molecule is Cc1ccc(S(=O)(=O)Nc2ccc(NC(=O)/C=C/c3ccc4c(c3)OCO4)cc2)cc1. The van der Waals surface area contributed by atoms with Gasteiger partial charge in [0.25, 0.3) is 10.0 Å². The van der Waals surface area contributed by atoms with Gasteiger partial charge in [-0.3, -0.25) is 9.52 Å². The maximum atomic E-state index is 12.5. The van der Waals surface area contributed by atoms with Gasteiger partial charge in [0.2, 0.25) is 12.7 Å². The van der Waals surface area contributed by atoms with Crippen molar-refractivity contribution in [2.75, 3.05) is 16.8 Å². The summed E-state index contributed by atoms with van der Waals surface area (Å²) in [6, 6.07) is 18.4. The minimum Gasteiger partial charge on any atom is -0.454 e. The number of amides is 1. The van der Waals surface area contributed by atoms with Crippen molar-refractivity contribution in [3.63, 3.8) is 0 Å². The van der Waals surface area contributed by atoms with Crippen LogP contribution in [0.3, 0.4) is 0 Å². The number of ether oxygens (including phenoxy) is 2. The molecule has 4 rings (SSSR count). The number of fused-ring (bicyclic) bond motifs is 1. The Morgan fingerprint density at radius 2 is 1.58 bits per heavy atom. The van der Waals surface area contributed by atoms with Crippen molar-refractivity contribution < 1.29 is 22.7 Å². The molecule has 31 heavy (non-hydrogen) atoms. The summed E-state index contributed by atoms with van der Waals surface area (Å²) in [7, 11) is -3.68. The molecule has 0 bridgehead atoms. The first-order valence-corrected chi connectivity index (χ1v) is 11.0. The number of hydrogen-bond donors (Lipinski definition) is 2. The number of carbonyl (C=O) groups excluding carboxylic acids is 1. The van der Waals surface area contributed by atoms with Crippen LogP contribution in [-0.2, 0) is 14.8 Å². The van der Waals surface area contributed by atoms with Gasteiger partial charge in [-0.05, 0) is 67.1 Å². The minimum atomic E-state index is -3.68. The van der Waals surface area contributed by atoms with E-state index in [1.807, 2.05) is 13.0 Å². The van der Waals surface area contributed by atoms with Crippen LogP contribution >= 0.6 is 0 Å². The number of sulfonamides is 1. The lowest BCUT2D eigenvalue weighted by Gasteiger charge is -2.09. The number of nitrogens with one attached hydrogen (secondary N) is 2. The zero-order valence-electron chi connectivity index (χ0n) is 16.7. The fraction of sp³-hybridized carbons (Fsp3) is 0.0870. The standard InChI is InChI=1S/C23H20N2O5S/c1-16-2-10-20(11-3-16)31(27,28)25-19-8-6-18(7-9-19)24-23(26)13-5-17-4-12-21-22(14-17)30-15-29-21/h2-14,25H,15H2,1H3,(H,24,26)/b13-5+. The molecule has 3 aromatic carbocycles. The van der Waals surface area contributed by atoms with Crippen LogP contribution in [0.1, 0.15) is 11.1 Å². The molecule has 0 atom stereocenters. The van der Waals surface area contributed by atoms with E-state index in [4.69, 9.17) is 9.47 Å². The van der Waals surface area contributed by atoms with Gasteiger partial charge in [-0.25, -0.2) is 8.42 Å². The maximum Gasteiger partial charge on any atom is 0.261 e. The largest absolute Gasteiger partial charge is 0.454 e. The highest BCUT2D eigenvalue weighted by Gasteiger charge is 2.14. The Labute approximate surface area is 180 Å². The molecule has 0 saturated carbocycles. The Morgan fingerprint density at radius 1 is 0.903 bits per heavy atom. The second-order valence-electron chi connectivity index (χ2n) is 6.93. The summed E-state index contributed by atoms with van der Waals surface area (Å²) in [6.07, 6.45) is 3.08. The van der Waals surface area contributed by atoms with Gasteiger partial charge in [0.05, 0.1) is 4.90 Å². The smallest absolute Gasteiger partial charge is 0.261 e. The van der Waals surface area contributed by atoms with Crippen LogP contribution in [0.25, 0.3) is 6.08 Å². The predicted octanol–water partition coefficient (Wildman–Crippen LogP) is 4.18. The van der Waals surface area contributed by atoms with Gasteiger partial charge in [-0.2, -0.15) is 0 Å². The Kier molecular flexibility index (Phi) is 5.64. The second-order valence-corrected chi connectivity index (χ2v) is 8.61. The normalized spacial score (nSPS) is 12.7. The van der Waals surface area contributed by atoms with Crippen molar-refractivity contribution in [2.45, 2.75) is 11.8 Å². The molecule has 1 amide bonds. The molecule has 1 aliphatic heterocycles. The number of hydrogen-bond acceptors (Lipinski definition) is 5. The van der Waals surface area contributed by atoms with Crippen molar-refractivity contribution in [1.29, 1.82) is 0 Å². The van der Waals surface area contributed by atoms with Crippen molar-refractivity contribution >= 4 is 33.4 Å². The Hall–Kier alpha value is -3.78. The molecule has 3 aromatic rings. The highest BCUT2D eigenvalue weighted by atomic mass is 32.2. The van der Waals surface area contributed by atoms with Crippen LogP contribution in [0.2, 0.25) is 0 Å². The number of carbonyl (C=O) groups is 1. The molecule has 1 heterocycles. The van der Waals surface area contributed by atoms with E-state index in [1.54, 1.807) is 66.7 Å². The maximum absolute atomic E-state index is 12.5. The Balaban J connectivity index is 1.37. The highest BCUT2D eigenvalue weighted by molar-refractivity contribution is 7.92. The third kappa shape index (κ3) is 5.04. The van der Waals surface area contributed by atoms with Gasteiger partial charge in [0, 0.05) is 17.5 Å². The Morgan fingerprint density at radius 3 is 2.32 bits per heavy atom. The highest BCUT2D eigenvalue weighted by Crippen LogP contribution is 2.32. The summed E-state index contributed by atoms with van der Waals surface area (Å²) < 4.78 is 38.0. The zero-order chi connectivity index (χ0) is 21.8. The third-order valence-electron chi connectivity index (χ3n) is 4.56. The van der Waals surface area contributed by atoms with E-state index >= 15 is 0 Å². The van der Waals surface area contributed by atoms with E-state index in [2.05, 4.69) is 10.0 Å². The van der Waals surface area contributed by atoms with Gasteiger partial charge in [0.1, 0.15) is 0 Å². The van der Waals surface area contributed by atoms with Gasteiger partial charge in [-0.15, -0.1) is 0 Å². The second kappa shape index (κ2) is 8.53. The molecule has 7 nitrogen and oxygen atoms in total. The number of benzene rings is 3. The average molecular weight is 436 g/mol. The molecule has 0 spiro atoms. The van der Waals surface area contributed by atoms with Crippen LogP contribution in [0.4, 0.5) is 11.4 Å². The lowest BCUT2D eigenvalue weighted by Crippen LogP contribution is -2.13. The van der Waals surface area contributed by atoms with Crippen molar-refractivity contribution in [3.8, 4) is 11.5 Å². The zero-order valence-corrected chi connectivity index (χ0v) is 17.5. The topological polar surface area (TPSA) is 93.7 Å². The molecule has 0 aromatic heterocycles. The van der Waals surface area contributed by atoms with E-state index in [0.717, 1.165) is 11.1 Å². The van der Waals surface area contributed by atoms with E-state index in [1.165, 1.54) is 6.08 Å². The lowest BCUT2D eigenvalue weighted by atomic mass is 10.2. The summed E-state index contributed by atoms with van der Waals surface area (Å²) >= 11 is 0. The predicted molar refractivity (Wildman–Crippen MR) is 119 cm³/mol. The van der Waals surface area contributed by atoms with Crippen LogP contribution in [0, 0.1) is 6.92 Å². The summed E-state index contributed by atoms with van der Waals surface area (Å²) in [4.78, 5) is 12.4. The van der Waals surface area contributed by atoms with Gasteiger partial charge in [0.15, 0.2) is 11.5 Å². The van der Waals surface area contributed by atoms with E-state index in [-0.39, 0.29) is 17.6 Å². The molecular weight excluding hydrogens is 416 g/mol. The number of anilines is 2. The molecule has 2 N–H and O–H groups in total. The van der Waals surface area contributed by atoms with Crippen LogP contribution < -0.4 is 19.5 Å². The molecule has 0 aliphatic carbocycles. The number of aryl methyl sites for hydroxylation is 1. The number of rotatable bonds is 6. The van der Waals surface area contributed by atoms with Gasteiger partial charge >= 0.3 is 0 Å². The molecule has 0 unspecified atom stereocenters. The van der Waals surface area contributed by atoms with Crippen molar-refractivity contribution in [2.24, 2.45) is 0 Å². The summed E-state index contributed by atoms with van der Waals surface area (Å²) in [5, 5.41) is 2.73. The molecule has 0 saturated heterocycles. The van der Waals surface area contributed by atoms with E-state index in [9.17, 15) is 13.2 Å². The summed E-state index contributed by atoms with van der Waals surface area (Å²) in [6.45, 7) is 2.08. The van der Waals surface area contributed by atoms with Crippen LogP contribution in [0.15, 0.2) is 77.7 Å². The van der Waals surface area contributed by atoms with Crippen LogP contribution in [0.5, 0.6) is 11.5 Å². The molecule has 158 valence electrons. The molecule has 0 fully saturated rings. The van der Waals surface area contributed by atoms with E-state index in [0.29, 0.717) is 22.9 Å². The summed E-state index contributed by atoms with van der Waals surface area (Å²) in [5.74, 6) is 1.01. The van der Waals surface area contributed by atoms with Gasteiger partial charge in [-0.1, -0.05) is 23.8 Å². The van der Waals surface area contributed by atoms with Crippen LogP contribution in [-0.4, -0.2) is 21.1 Å². The van der Waals surface area contributed by atoms with Gasteiger partial charge < -0.3 is 14.8 Å². The molecular formula is C23H20N2O5S. The van der Waals surface area contributed by atoms with Crippen molar-refractivity contribution in [1.82, 2.24) is 0 Å². The average Bonchev–Trinajstić information content (AvgIpc) is 3.22. The molecule has 0 radical (unpaired) electrons. The first-order chi connectivity index (χ1) is 14.9. The van der Waals surface area contributed by atoms with Crippen molar-refractivity contribution in [3.05, 3.63) is 83.9 Å².